The van der Waals surface area contributed by atoms with Gasteiger partial charge in [0, 0.05) is 35.6 Å². The van der Waals surface area contributed by atoms with E-state index in [4.69, 9.17) is 23.2 Å². The predicted octanol–water partition coefficient (Wildman–Crippen LogP) is 6.75. The quantitative estimate of drug-likeness (QED) is 0.361. The maximum atomic E-state index is 13.1. The molecule has 4 nitrogen and oxygen atoms in total. The van der Waals surface area contributed by atoms with Crippen LogP contribution in [0.15, 0.2) is 42.5 Å². The number of hydrogen-bond acceptors (Lipinski definition) is 2. The zero-order valence-corrected chi connectivity index (χ0v) is 23.7. The minimum absolute atomic E-state index is 0.0131. The minimum Gasteiger partial charge on any atom is -0.508 e. The van der Waals surface area contributed by atoms with Gasteiger partial charge in [-0.2, -0.15) is 0 Å². The molecule has 2 aromatic carbocycles. The van der Waals surface area contributed by atoms with Crippen LogP contribution in [0, 0.1) is 17.8 Å². The van der Waals surface area contributed by atoms with Crippen LogP contribution in [0.1, 0.15) is 63.5 Å². The second-order valence-corrected chi connectivity index (χ2v) is 13.4. The smallest absolute Gasteiger partial charge is 0.224 e. The summed E-state index contributed by atoms with van der Waals surface area (Å²) in [5.41, 5.74) is 2.10. The molecule has 1 unspecified atom stereocenters. The third kappa shape index (κ3) is 6.13. The lowest BCUT2D eigenvalue weighted by Gasteiger charge is -2.57. The maximum Gasteiger partial charge on any atom is 0.224 e. The van der Waals surface area contributed by atoms with Crippen molar-refractivity contribution >= 4 is 29.1 Å². The van der Waals surface area contributed by atoms with Gasteiger partial charge in [0.1, 0.15) is 5.75 Å². The summed E-state index contributed by atoms with van der Waals surface area (Å²) in [6, 6.07) is 13.5. The summed E-state index contributed by atoms with van der Waals surface area (Å²) in [5.74, 6) is 2.52. The molecule has 200 valence electrons. The second-order valence-electron chi connectivity index (χ2n) is 12.6. The Kier molecular flexibility index (Phi) is 7.82. The third-order valence-electron chi connectivity index (χ3n) is 9.13. The Labute approximate surface area is 231 Å². The zero-order valence-electron chi connectivity index (χ0n) is 22.2. The van der Waals surface area contributed by atoms with Gasteiger partial charge in [-0.3, -0.25) is 4.79 Å². The predicted molar refractivity (Wildman–Crippen MR) is 151 cm³/mol. The molecular formula is C31H41Cl2N2O2+. The highest BCUT2D eigenvalue weighted by atomic mass is 35.5. The Morgan fingerprint density at radius 3 is 2.62 bits per heavy atom. The Hall–Kier alpha value is -1.75. The van der Waals surface area contributed by atoms with Gasteiger partial charge in [0.15, 0.2) is 0 Å². The van der Waals surface area contributed by atoms with E-state index in [0.29, 0.717) is 34.1 Å². The minimum atomic E-state index is -0.0131. The first-order valence-corrected chi connectivity index (χ1v) is 14.8. The molecule has 1 aliphatic heterocycles. The summed E-state index contributed by atoms with van der Waals surface area (Å²) in [6.45, 7) is 9.72. The number of benzene rings is 2. The van der Waals surface area contributed by atoms with Gasteiger partial charge in [-0.25, -0.2) is 0 Å². The summed E-state index contributed by atoms with van der Waals surface area (Å²) in [5, 5.41) is 14.7. The molecule has 1 amide bonds. The Morgan fingerprint density at radius 2 is 1.92 bits per heavy atom. The summed E-state index contributed by atoms with van der Waals surface area (Å²) in [7, 11) is 0. The topological polar surface area (TPSA) is 49.3 Å². The number of rotatable bonds is 8. The van der Waals surface area contributed by atoms with Gasteiger partial charge in [-0.1, -0.05) is 55.2 Å². The molecule has 1 heterocycles. The largest absolute Gasteiger partial charge is 0.508 e. The number of nitrogens with one attached hydrogen (secondary N) is 1. The van der Waals surface area contributed by atoms with Crippen molar-refractivity contribution in [1.29, 1.82) is 0 Å². The van der Waals surface area contributed by atoms with Crippen LogP contribution in [-0.4, -0.2) is 47.7 Å². The van der Waals surface area contributed by atoms with Crippen molar-refractivity contribution in [2.24, 2.45) is 17.8 Å². The van der Waals surface area contributed by atoms with E-state index in [0.717, 1.165) is 37.2 Å². The Bertz CT molecular complexity index is 1130. The fourth-order valence-corrected chi connectivity index (χ4v) is 7.85. The number of hydrogen-bond donors (Lipinski definition) is 2. The van der Waals surface area contributed by atoms with Gasteiger partial charge in [0.05, 0.1) is 42.6 Å². The molecule has 6 heteroatoms. The molecule has 0 bridgehead atoms. The lowest BCUT2D eigenvalue weighted by molar-refractivity contribution is -0.942. The van der Waals surface area contributed by atoms with E-state index in [-0.39, 0.29) is 17.4 Å². The van der Waals surface area contributed by atoms with E-state index >= 15 is 0 Å². The van der Waals surface area contributed by atoms with E-state index in [9.17, 15) is 9.90 Å². The number of phenols is 1. The van der Waals surface area contributed by atoms with Crippen LogP contribution in [0.25, 0.3) is 0 Å². The van der Waals surface area contributed by atoms with Gasteiger partial charge in [-0.15, -0.1) is 0 Å². The van der Waals surface area contributed by atoms with Crippen molar-refractivity contribution in [3.05, 3.63) is 63.6 Å². The van der Waals surface area contributed by atoms with E-state index in [1.807, 2.05) is 18.2 Å². The standard InChI is InChI=1S/C31H40Cl2N2O2/c1-21(2)18-35(19-22-6-7-22)13-12-31(24-4-3-5-27(36)16-24)17-26(10-9-25(31)20-35)34-30(37)15-23-8-11-28(32)29(33)14-23/h3-5,8,11,14,16,21-22,25-26H,6-7,9-10,12-13,15,17-20H2,1-2H3,(H-,34,36,37)/p+1/t25?,26-,31+,35-/m0/s1. The highest BCUT2D eigenvalue weighted by Crippen LogP contribution is 2.52. The molecule has 3 aliphatic rings. The molecule has 2 saturated carbocycles. The maximum absolute atomic E-state index is 13.1. The summed E-state index contributed by atoms with van der Waals surface area (Å²) in [4.78, 5) is 13.1. The van der Waals surface area contributed by atoms with E-state index in [1.165, 1.54) is 49.1 Å². The van der Waals surface area contributed by atoms with Gasteiger partial charge in [-0.05, 0) is 67.5 Å². The lowest BCUT2D eigenvalue weighted by Crippen LogP contribution is -2.64. The molecule has 4 atom stereocenters. The molecule has 2 aromatic rings. The van der Waals surface area contributed by atoms with Crippen molar-refractivity contribution in [2.75, 3.05) is 26.2 Å². The number of carbonyl (C=O) groups is 1. The van der Waals surface area contributed by atoms with Crippen LogP contribution in [0.4, 0.5) is 0 Å². The second kappa shape index (κ2) is 10.8. The molecule has 37 heavy (non-hydrogen) atoms. The first-order chi connectivity index (χ1) is 17.7. The highest BCUT2D eigenvalue weighted by molar-refractivity contribution is 6.42. The summed E-state index contributed by atoms with van der Waals surface area (Å²) < 4.78 is 1.25. The number of phenolic OH excluding ortho intramolecular Hbond substituents is 1. The van der Waals surface area contributed by atoms with Gasteiger partial charge >= 0.3 is 0 Å². The number of likely N-dealkylation sites (tertiary alicyclic amines) is 1. The molecule has 2 aliphatic carbocycles. The molecule has 5 rings (SSSR count). The molecular weight excluding hydrogens is 503 g/mol. The van der Waals surface area contributed by atoms with E-state index in [1.54, 1.807) is 18.2 Å². The SMILES string of the molecule is CC(C)C[N@+]1(CC2CC2)CC[C@]2(c3cccc(O)c3)C[C@@H](NC(=O)Cc3ccc(Cl)c(Cl)c3)CCC2C1. The normalized spacial score (nSPS) is 29.6. The van der Waals surface area contributed by atoms with Gasteiger partial charge in [0.2, 0.25) is 5.91 Å². The van der Waals surface area contributed by atoms with E-state index in [2.05, 4.69) is 25.2 Å². The summed E-state index contributed by atoms with van der Waals surface area (Å²) in [6.07, 6.45) is 7.24. The fourth-order valence-electron chi connectivity index (χ4n) is 7.53. The number of fused-ring (bicyclic) bond motifs is 1. The van der Waals surface area contributed by atoms with Gasteiger partial charge in [0.25, 0.3) is 0 Å². The van der Waals surface area contributed by atoms with Gasteiger partial charge < -0.3 is 14.9 Å². The van der Waals surface area contributed by atoms with Crippen molar-refractivity contribution in [1.82, 2.24) is 5.32 Å². The fraction of sp³-hybridized carbons (Fsp3) is 0.581. The molecule has 2 N–H and O–H groups in total. The van der Waals surface area contributed by atoms with Crippen LogP contribution < -0.4 is 5.32 Å². The Morgan fingerprint density at radius 1 is 1.11 bits per heavy atom. The van der Waals surface area contributed by atoms with Crippen LogP contribution >= 0.6 is 23.2 Å². The first kappa shape index (κ1) is 26.8. The molecule has 0 radical (unpaired) electrons. The highest BCUT2D eigenvalue weighted by Gasteiger charge is 2.54. The number of piperidine rings is 1. The average Bonchev–Trinajstić information content (AvgIpc) is 3.65. The number of quaternary nitrogens is 1. The van der Waals surface area contributed by atoms with Crippen molar-refractivity contribution in [3.8, 4) is 5.75 Å². The van der Waals surface area contributed by atoms with Crippen molar-refractivity contribution in [3.63, 3.8) is 0 Å². The average molecular weight is 545 g/mol. The monoisotopic (exact) mass is 543 g/mol. The van der Waals surface area contributed by atoms with Crippen LogP contribution in [-0.2, 0) is 16.6 Å². The number of amides is 1. The van der Waals surface area contributed by atoms with Crippen LogP contribution in [0.2, 0.25) is 10.0 Å². The molecule has 1 saturated heterocycles. The summed E-state index contributed by atoms with van der Waals surface area (Å²) >= 11 is 12.2. The molecule has 0 aromatic heterocycles. The molecule has 3 fully saturated rings. The number of carbonyl (C=O) groups excluding carboxylic acids is 1. The number of halogens is 2. The number of nitrogens with zero attached hydrogens (tertiary/aromatic N) is 1. The number of aromatic hydroxyl groups is 1. The van der Waals surface area contributed by atoms with E-state index < -0.39 is 0 Å². The van der Waals surface area contributed by atoms with Crippen molar-refractivity contribution in [2.45, 2.75) is 70.3 Å². The van der Waals surface area contributed by atoms with Crippen LogP contribution in [0.3, 0.4) is 0 Å². The molecule has 0 spiro atoms. The first-order valence-electron chi connectivity index (χ1n) is 14.0. The third-order valence-corrected chi connectivity index (χ3v) is 9.86. The van der Waals surface area contributed by atoms with Crippen LogP contribution in [0.5, 0.6) is 5.75 Å². The zero-order chi connectivity index (χ0) is 26.2. The van der Waals surface area contributed by atoms with Crippen molar-refractivity contribution < 1.29 is 14.4 Å². The Balaban J connectivity index is 1.36. The lowest BCUT2D eigenvalue weighted by atomic mass is 9.57.